The van der Waals surface area contributed by atoms with Gasteiger partial charge in [-0.3, -0.25) is 0 Å². The first-order chi connectivity index (χ1) is 7.99. The molecule has 1 aromatic heterocycles. The van der Waals surface area contributed by atoms with Crippen molar-refractivity contribution in [2.45, 2.75) is 0 Å². The molecule has 0 saturated carbocycles. The lowest BCUT2D eigenvalue weighted by Crippen LogP contribution is -2.06. The lowest BCUT2D eigenvalue weighted by Gasteiger charge is -2.08. The number of carboxylic acids is 1. The summed E-state index contributed by atoms with van der Waals surface area (Å²) in [6.07, 6.45) is 1.53. The van der Waals surface area contributed by atoms with Crippen LogP contribution in [0.4, 0.5) is 0 Å². The first-order valence-corrected chi connectivity index (χ1v) is 6.39. The normalized spacial score (nSPS) is 10.5. The quantitative estimate of drug-likeness (QED) is 0.796. The summed E-state index contributed by atoms with van der Waals surface area (Å²) in [5, 5.41) is 9.90. The standard InChI is InChI=1S/C11H6Cl2INO2/c12-6-3-10(11(16)17)15(5-6)9-2-1-7(14)4-8(9)13/h1-5H,(H,16,17). The monoisotopic (exact) mass is 381 g/mol. The van der Waals surface area contributed by atoms with E-state index in [0.717, 1.165) is 3.57 Å². The van der Waals surface area contributed by atoms with Crippen LogP contribution < -0.4 is 0 Å². The number of benzene rings is 1. The lowest BCUT2D eigenvalue weighted by atomic mass is 10.3. The first-order valence-electron chi connectivity index (χ1n) is 4.55. The predicted molar refractivity (Wildman–Crippen MR) is 75.5 cm³/mol. The van der Waals surface area contributed by atoms with Gasteiger partial charge < -0.3 is 9.67 Å². The molecule has 1 aromatic carbocycles. The molecule has 0 radical (unpaired) electrons. The summed E-state index contributed by atoms with van der Waals surface area (Å²) >= 11 is 14.0. The Balaban J connectivity index is 2.63. The Hall–Kier alpha value is -0.720. The molecule has 0 unspecified atom stereocenters. The Morgan fingerprint density at radius 2 is 2.00 bits per heavy atom. The molecule has 0 bridgehead atoms. The van der Waals surface area contributed by atoms with Crippen LogP contribution in [0.2, 0.25) is 10.0 Å². The van der Waals surface area contributed by atoms with Crippen LogP contribution in [0.15, 0.2) is 30.5 Å². The molecule has 0 aliphatic carbocycles. The molecule has 6 heteroatoms. The molecule has 17 heavy (non-hydrogen) atoms. The molecular formula is C11H6Cl2INO2. The highest BCUT2D eigenvalue weighted by molar-refractivity contribution is 14.1. The molecule has 0 aliphatic rings. The van der Waals surface area contributed by atoms with E-state index in [1.165, 1.54) is 16.8 Å². The van der Waals surface area contributed by atoms with Crippen LogP contribution in [0, 0.1) is 3.57 Å². The van der Waals surface area contributed by atoms with Gasteiger partial charge in [-0.2, -0.15) is 0 Å². The summed E-state index contributed by atoms with van der Waals surface area (Å²) in [4.78, 5) is 11.1. The van der Waals surface area contributed by atoms with E-state index < -0.39 is 5.97 Å². The van der Waals surface area contributed by atoms with Crippen molar-refractivity contribution in [1.29, 1.82) is 0 Å². The molecule has 2 aromatic rings. The van der Waals surface area contributed by atoms with Crippen LogP contribution in [0.5, 0.6) is 0 Å². The molecule has 0 saturated heterocycles. The average Bonchev–Trinajstić information content (AvgIpc) is 2.60. The topological polar surface area (TPSA) is 42.2 Å². The predicted octanol–water partition coefficient (Wildman–Crippen LogP) is 4.09. The van der Waals surface area contributed by atoms with Gasteiger partial charge in [0.05, 0.1) is 15.7 Å². The summed E-state index contributed by atoms with van der Waals surface area (Å²) in [6, 6.07) is 6.75. The fourth-order valence-electron chi connectivity index (χ4n) is 1.47. The van der Waals surface area contributed by atoms with Crippen LogP contribution in [0.3, 0.4) is 0 Å². The van der Waals surface area contributed by atoms with Gasteiger partial charge in [0.2, 0.25) is 0 Å². The van der Waals surface area contributed by atoms with Gasteiger partial charge in [0.15, 0.2) is 0 Å². The molecule has 88 valence electrons. The van der Waals surface area contributed by atoms with E-state index in [2.05, 4.69) is 22.6 Å². The summed E-state index contributed by atoms with van der Waals surface area (Å²) in [7, 11) is 0. The van der Waals surface area contributed by atoms with Gasteiger partial charge in [-0.15, -0.1) is 0 Å². The van der Waals surface area contributed by atoms with Gasteiger partial charge in [-0.1, -0.05) is 23.2 Å². The molecule has 0 fully saturated rings. The van der Waals surface area contributed by atoms with Crippen molar-refractivity contribution in [2.24, 2.45) is 0 Å². The van der Waals surface area contributed by atoms with Crippen molar-refractivity contribution < 1.29 is 9.90 Å². The zero-order valence-corrected chi connectivity index (χ0v) is 12.0. The second-order valence-corrected chi connectivity index (χ2v) is 5.40. The molecular weight excluding hydrogens is 376 g/mol. The average molecular weight is 382 g/mol. The van der Waals surface area contributed by atoms with Crippen molar-refractivity contribution in [2.75, 3.05) is 0 Å². The second kappa shape index (κ2) is 4.88. The molecule has 3 nitrogen and oxygen atoms in total. The highest BCUT2D eigenvalue weighted by Gasteiger charge is 2.15. The van der Waals surface area contributed by atoms with E-state index in [0.29, 0.717) is 15.7 Å². The number of aromatic nitrogens is 1. The minimum Gasteiger partial charge on any atom is -0.477 e. The molecule has 0 aliphatic heterocycles. The third-order valence-electron chi connectivity index (χ3n) is 2.17. The molecule has 0 atom stereocenters. The van der Waals surface area contributed by atoms with Crippen molar-refractivity contribution >= 4 is 51.8 Å². The Morgan fingerprint density at radius 1 is 1.29 bits per heavy atom. The Bertz CT molecular complexity index is 595. The van der Waals surface area contributed by atoms with Crippen molar-refractivity contribution in [3.05, 3.63) is 49.8 Å². The Kier molecular flexibility index (Phi) is 3.65. The van der Waals surface area contributed by atoms with Crippen molar-refractivity contribution in [3.63, 3.8) is 0 Å². The lowest BCUT2D eigenvalue weighted by molar-refractivity contribution is 0.0688. The number of carbonyl (C=O) groups is 1. The summed E-state index contributed by atoms with van der Waals surface area (Å²) in [5.41, 5.74) is 0.675. The first kappa shape index (κ1) is 12.7. The fourth-order valence-corrected chi connectivity index (χ4v) is 2.62. The van der Waals surface area contributed by atoms with E-state index >= 15 is 0 Å². The summed E-state index contributed by atoms with van der Waals surface area (Å²) in [6.45, 7) is 0. The van der Waals surface area contributed by atoms with E-state index in [9.17, 15) is 4.79 Å². The SMILES string of the molecule is O=C(O)c1cc(Cl)cn1-c1ccc(I)cc1Cl. The summed E-state index contributed by atoms with van der Waals surface area (Å²) in [5.74, 6) is -1.05. The minimum absolute atomic E-state index is 0.0816. The van der Waals surface area contributed by atoms with Gasteiger partial charge in [0.25, 0.3) is 0 Å². The van der Waals surface area contributed by atoms with Crippen LogP contribution in [-0.4, -0.2) is 15.6 Å². The number of aromatic carboxylic acids is 1. The fraction of sp³-hybridized carbons (Fsp3) is 0. The van der Waals surface area contributed by atoms with Crippen LogP contribution in [0.25, 0.3) is 5.69 Å². The smallest absolute Gasteiger partial charge is 0.352 e. The minimum atomic E-state index is -1.05. The van der Waals surface area contributed by atoms with Gasteiger partial charge >= 0.3 is 5.97 Å². The number of hydrogen-bond acceptors (Lipinski definition) is 1. The van der Waals surface area contributed by atoms with E-state index in [4.69, 9.17) is 28.3 Å². The molecule has 0 spiro atoms. The molecule has 1 N–H and O–H groups in total. The Labute approximate surface area is 121 Å². The maximum absolute atomic E-state index is 11.1. The van der Waals surface area contributed by atoms with Crippen LogP contribution >= 0.6 is 45.8 Å². The molecule has 2 rings (SSSR count). The third-order valence-corrected chi connectivity index (χ3v) is 3.36. The largest absolute Gasteiger partial charge is 0.477 e. The van der Waals surface area contributed by atoms with Gasteiger partial charge in [-0.25, -0.2) is 4.79 Å². The van der Waals surface area contributed by atoms with E-state index in [1.54, 1.807) is 12.1 Å². The van der Waals surface area contributed by atoms with Crippen molar-refractivity contribution in [3.8, 4) is 5.69 Å². The van der Waals surface area contributed by atoms with Crippen LogP contribution in [-0.2, 0) is 0 Å². The highest BCUT2D eigenvalue weighted by Crippen LogP contribution is 2.26. The van der Waals surface area contributed by atoms with Gasteiger partial charge in [-0.05, 0) is 46.9 Å². The summed E-state index contributed by atoms with van der Waals surface area (Å²) < 4.78 is 2.44. The maximum atomic E-state index is 11.1. The highest BCUT2D eigenvalue weighted by atomic mass is 127. The number of carboxylic acid groups (broad SMARTS) is 1. The number of rotatable bonds is 2. The Morgan fingerprint density at radius 3 is 2.59 bits per heavy atom. The van der Waals surface area contributed by atoms with E-state index in [1.807, 2.05) is 6.07 Å². The number of nitrogens with zero attached hydrogens (tertiary/aromatic N) is 1. The van der Waals surface area contributed by atoms with Crippen LogP contribution in [0.1, 0.15) is 10.5 Å². The third kappa shape index (κ3) is 2.59. The van der Waals surface area contributed by atoms with Gasteiger partial charge in [0, 0.05) is 9.77 Å². The maximum Gasteiger partial charge on any atom is 0.352 e. The second-order valence-electron chi connectivity index (χ2n) is 3.31. The zero-order valence-electron chi connectivity index (χ0n) is 8.32. The zero-order chi connectivity index (χ0) is 12.6. The molecule has 0 amide bonds. The van der Waals surface area contributed by atoms with E-state index in [-0.39, 0.29) is 5.69 Å². The number of hydrogen-bond donors (Lipinski definition) is 1. The molecule has 1 heterocycles. The number of halogens is 3. The van der Waals surface area contributed by atoms with Crippen molar-refractivity contribution in [1.82, 2.24) is 4.57 Å². The van der Waals surface area contributed by atoms with Gasteiger partial charge in [0.1, 0.15) is 5.69 Å².